The Hall–Kier alpha value is -1.64. The van der Waals surface area contributed by atoms with Gasteiger partial charge in [-0.05, 0) is 76.5 Å². The lowest BCUT2D eigenvalue weighted by Gasteiger charge is -2.37. The molecule has 3 fully saturated rings. The molecule has 3 aliphatic rings. The third-order valence-electron chi connectivity index (χ3n) is 7.90. The van der Waals surface area contributed by atoms with Crippen molar-refractivity contribution in [2.45, 2.75) is 69.7 Å². The number of halogens is 2. The maximum atomic E-state index is 6.58. The van der Waals surface area contributed by atoms with E-state index < -0.39 is 0 Å². The number of nitrogens with one attached hydrogen (secondary N) is 2. The monoisotopic (exact) mass is 533 g/mol. The van der Waals surface area contributed by atoms with Gasteiger partial charge >= 0.3 is 0 Å². The van der Waals surface area contributed by atoms with Gasteiger partial charge in [-0.25, -0.2) is 9.97 Å². The Kier molecular flexibility index (Phi) is 8.86. The van der Waals surface area contributed by atoms with Crippen LogP contribution in [-0.2, 0) is 9.47 Å². The van der Waals surface area contributed by atoms with E-state index in [-0.39, 0.29) is 0 Å². The Balaban J connectivity index is 1.22. The summed E-state index contributed by atoms with van der Waals surface area (Å²) in [5.41, 5.74) is 2.59. The molecule has 2 aromatic rings. The van der Waals surface area contributed by atoms with Gasteiger partial charge in [-0.1, -0.05) is 23.2 Å². The first-order valence-corrected chi connectivity index (χ1v) is 14.1. The minimum absolute atomic E-state index is 0.292. The van der Waals surface area contributed by atoms with Gasteiger partial charge in [0.25, 0.3) is 0 Å². The molecular formula is C27H37Cl2N5O2. The Morgan fingerprint density at radius 2 is 1.75 bits per heavy atom. The third kappa shape index (κ3) is 6.43. The molecule has 1 saturated carbocycles. The lowest BCUT2D eigenvalue weighted by atomic mass is 9.90. The summed E-state index contributed by atoms with van der Waals surface area (Å²) >= 11 is 13.1. The molecule has 2 saturated heterocycles. The van der Waals surface area contributed by atoms with Gasteiger partial charge < -0.3 is 20.1 Å². The van der Waals surface area contributed by atoms with Crippen LogP contribution in [0.1, 0.15) is 51.4 Å². The number of rotatable bonds is 8. The number of aromatic nitrogens is 2. The fraction of sp³-hybridized carbons (Fsp3) is 0.630. The summed E-state index contributed by atoms with van der Waals surface area (Å²) in [7, 11) is 2.21. The molecule has 0 bridgehead atoms. The number of hydrogen-bond acceptors (Lipinski definition) is 7. The van der Waals surface area contributed by atoms with Crippen LogP contribution in [-0.4, -0.2) is 66.6 Å². The molecule has 0 aromatic carbocycles. The third-order valence-corrected chi connectivity index (χ3v) is 8.51. The maximum absolute atomic E-state index is 6.58. The zero-order valence-electron chi connectivity index (χ0n) is 21.0. The van der Waals surface area contributed by atoms with Crippen LogP contribution in [0, 0.1) is 5.92 Å². The van der Waals surface area contributed by atoms with E-state index in [4.69, 9.17) is 32.7 Å². The molecular weight excluding hydrogens is 497 g/mol. The van der Waals surface area contributed by atoms with Crippen LogP contribution in [0.15, 0.2) is 24.5 Å². The highest BCUT2D eigenvalue weighted by Crippen LogP contribution is 2.36. The largest absolute Gasteiger partial charge is 0.384 e. The number of hydrogen-bond donors (Lipinski definition) is 2. The van der Waals surface area contributed by atoms with E-state index in [0.29, 0.717) is 34.4 Å². The number of pyridine rings is 2. The standard InChI is InChI=1S/C27H37Cl2N5O2/c1-34(26-3-2-10-36-26)21-6-4-19(5-7-21)33-25-14-22(24(28)17-31-25)23-13-20(16-32-27(23)29)30-15-18-8-11-35-12-9-18/h13-14,16-19,21,26,30H,2-12,15H2,1H3,(H,31,33)/t19?,21?,26-/m1/s1. The van der Waals surface area contributed by atoms with Gasteiger partial charge in [-0.15, -0.1) is 0 Å². The molecule has 2 aromatic heterocycles. The van der Waals surface area contributed by atoms with Crippen LogP contribution in [0.4, 0.5) is 11.5 Å². The van der Waals surface area contributed by atoms with Crippen LogP contribution >= 0.6 is 23.2 Å². The van der Waals surface area contributed by atoms with Crippen molar-refractivity contribution in [3.8, 4) is 11.1 Å². The number of anilines is 2. The first kappa shape index (κ1) is 26.0. The van der Waals surface area contributed by atoms with Gasteiger partial charge in [-0.3, -0.25) is 4.90 Å². The van der Waals surface area contributed by atoms with Gasteiger partial charge in [0.1, 0.15) is 17.2 Å². The summed E-state index contributed by atoms with van der Waals surface area (Å²) in [6.45, 7) is 3.47. The average molecular weight is 535 g/mol. The van der Waals surface area contributed by atoms with Crippen LogP contribution in [0.3, 0.4) is 0 Å². The molecule has 0 amide bonds. The van der Waals surface area contributed by atoms with Gasteiger partial charge in [0, 0.05) is 55.8 Å². The van der Waals surface area contributed by atoms with Gasteiger partial charge in [-0.2, -0.15) is 0 Å². The fourth-order valence-corrected chi connectivity index (χ4v) is 6.03. The molecule has 1 aliphatic carbocycles. The first-order chi connectivity index (χ1) is 17.6. The highest BCUT2D eigenvalue weighted by atomic mass is 35.5. The molecule has 4 heterocycles. The molecule has 0 spiro atoms. The second-order valence-corrected chi connectivity index (χ2v) is 11.1. The number of ether oxygens (including phenoxy) is 2. The lowest BCUT2D eigenvalue weighted by Crippen LogP contribution is -2.43. The van der Waals surface area contributed by atoms with Crippen molar-refractivity contribution in [2.24, 2.45) is 5.92 Å². The zero-order valence-corrected chi connectivity index (χ0v) is 22.5. The van der Waals surface area contributed by atoms with E-state index >= 15 is 0 Å². The minimum atomic E-state index is 0.292. The molecule has 7 nitrogen and oxygen atoms in total. The molecule has 36 heavy (non-hydrogen) atoms. The molecule has 5 rings (SSSR count). The van der Waals surface area contributed by atoms with E-state index in [1.165, 1.54) is 6.42 Å². The number of nitrogens with zero attached hydrogens (tertiary/aromatic N) is 3. The van der Waals surface area contributed by atoms with Crippen LogP contribution in [0.5, 0.6) is 0 Å². The van der Waals surface area contributed by atoms with Crippen LogP contribution in [0.25, 0.3) is 11.1 Å². The molecule has 9 heteroatoms. The second-order valence-electron chi connectivity index (χ2n) is 10.3. The van der Waals surface area contributed by atoms with Crippen molar-refractivity contribution >= 4 is 34.7 Å². The summed E-state index contributed by atoms with van der Waals surface area (Å²) < 4.78 is 11.4. The van der Waals surface area contributed by atoms with Crippen molar-refractivity contribution in [2.75, 3.05) is 44.0 Å². The Bertz CT molecular complexity index is 1010. The predicted molar refractivity (Wildman–Crippen MR) is 146 cm³/mol. The molecule has 2 N–H and O–H groups in total. The molecule has 2 aliphatic heterocycles. The van der Waals surface area contributed by atoms with Crippen molar-refractivity contribution in [3.05, 3.63) is 34.7 Å². The van der Waals surface area contributed by atoms with Gasteiger partial charge in [0.15, 0.2) is 0 Å². The SMILES string of the molecule is CN(C1CCC(Nc2cc(-c3cc(NCC4CCOCC4)cnc3Cl)c(Cl)cn2)CC1)[C@H]1CCCO1. The fourth-order valence-electron chi connectivity index (χ4n) is 5.62. The maximum Gasteiger partial charge on any atom is 0.137 e. The van der Waals surface area contributed by atoms with Crippen molar-refractivity contribution in [1.29, 1.82) is 0 Å². The van der Waals surface area contributed by atoms with E-state index in [1.807, 2.05) is 12.1 Å². The van der Waals surface area contributed by atoms with Crippen molar-refractivity contribution < 1.29 is 9.47 Å². The molecule has 196 valence electrons. The second kappa shape index (κ2) is 12.3. The Labute approximate surface area is 224 Å². The average Bonchev–Trinajstić information content (AvgIpc) is 3.45. The zero-order chi connectivity index (χ0) is 24.9. The van der Waals surface area contributed by atoms with Crippen LogP contribution < -0.4 is 10.6 Å². The minimum Gasteiger partial charge on any atom is -0.384 e. The molecule has 1 atom stereocenters. The summed E-state index contributed by atoms with van der Waals surface area (Å²) in [5, 5.41) is 8.16. The predicted octanol–water partition coefficient (Wildman–Crippen LogP) is 6.08. The van der Waals surface area contributed by atoms with E-state index in [2.05, 4.69) is 32.5 Å². The van der Waals surface area contributed by atoms with Crippen molar-refractivity contribution in [1.82, 2.24) is 14.9 Å². The summed E-state index contributed by atoms with van der Waals surface area (Å²) in [5.74, 6) is 1.43. The topological polar surface area (TPSA) is 71.5 Å². The van der Waals surface area contributed by atoms with Gasteiger partial charge in [0.2, 0.25) is 0 Å². The summed E-state index contributed by atoms with van der Waals surface area (Å²) in [6.07, 6.45) is 12.8. The van der Waals surface area contributed by atoms with E-state index in [9.17, 15) is 0 Å². The summed E-state index contributed by atoms with van der Waals surface area (Å²) in [6, 6.07) is 5.01. The Morgan fingerprint density at radius 3 is 2.50 bits per heavy atom. The summed E-state index contributed by atoms with van der Waals surface area (Å²) in [4.78, 5) is 11.4. The molecule has 0 radical (unpaired) electrons. The Morgan fingerprint density at radius 1 is 0.944 bits per heavy atom. The molecule has 0 unspecified atom stereocenters. The van der Waals surface area contributed by atoms with E-state index in [0.717, 1.165) is 93.9 Å². The van der Waals surface area contributed by atoms with Crippen molar-refractivity contribution in [3.63, 3.8) is 0 Å². The lowest BCUT2D eigenvalue weighted by molar-refractivity contribution is -0.0355. The first-order valence-electron chi connectivity index (χ1n) is 13.3. The van der Waals surface area contributed by atoms with Crippen LogP contribution in [0.2, 0.25) is 10.2 Å². The van der Waals surface area contributed by atoms with Gasteiger partial charge in [0.05, 0.1) is 16.9 Å². The quantitative estimate of drug-likeness (QED) is 0.398. The van der Waals surface area contributed by atoms with E-state index in [1.54, 1.807) is 12.4 Å². The normalized spacial score (nSPS) is 25.3. The smallest absolute Gasteiger partial charge is 0.137 e. The highest BCUT2D eigenvalue weighted by Gasteiger charge is 2.30. The highest BCUT2D eigenvalue weighted by molar-refractivity contribution is 6.36.